The van der Waals surface area contributed by atoms with Crippen molar-refractivity contribution in [3.05, 3.63) is 6.20 Å². The standard InChI is InChI=1S/C18H33N3O3Si/c1-18(2,3)25(4,5)24-15-7-6-8-21(14-15)16-13-19-17(23-16)20-9-11-22-12-10-20/h13,15H,6-12,14H2,1-5H3/t15-/m1/s1. The van der Waals surface area contributed by atoms with Gasteiger partial charge in [0.05, 0.1) is 25.5 Å². The summed E-state index contributed by atoms with van der Waals surface area (Å²) < 4.78 is 18.1. The van der Waals surface area contributed by atoms with E-state index in [1.54, 1.807) is 0 Å². The fourth-order valence-corrected chi connectivity index (χ4v) is 4.51. The number of oxazole rings is 1. The van der Waals surface area contributed by atoms with Crippen molar-refractivity contribution in [2.45, 2.75) is 57.8 Å². The lowest BCUT2D eigenvalue weighted by molar-refractivity contribution is 0.120. The van der Waals surface area contributed by atoms with Crippen LogP contribution in [0.25, 0.3) is 0 Å². The van der Waals surface area contributed by atoms with Crippen LogP contribution in [-0.4, -0.2) is 58.8 Å². The van der Waals surface area contributed by atoms with E-state index in [1.165, 1.54) is 0 Å². The van der Waals surface area contributed by atoms with Crippen LogP contribution in [0.4, 0.5) is 11.9 Å². The summed E-state index contributed by atoms with van der Waals surface area (Å²) in [6.45, 7) is 16.6. The van der Waals surface area contributed by atoms with E-state index in [-0.39, 0.29) is 11.1 Å². The summed E-state index contributed by atoms with van der Waals surface area (Å²) >= 11 is 0. The molecule has 6 nitrogen and oxygen atoms in total. The van der Waals surface area contributed by atoms with Gasteiger partial charge in [-0.3, -0.25) is 0 Å². The van der Waals surface area contributed by atoms with Crippen LogP contribution in [0, 0.1) is 0 Å². The minimum atomic E-state index is -1.74. The summed E-state index contributed by atoms with van der Waals surface area (Å²) in [6, 6.07) is 0.714. The molecule has 3 rings (SSSR count). The third-order valence-corrected chi connectivity index (χ3v) is 10.3. The average molecular weight is 368 g/mol. The number of aromatic nitrogens is 1. The molecule has 2 saturated heterocycles. The van der Waals surface area contributed by atoms with Gasteiger partial charge in [0.2, 0.25) is 5.88 Å². The molecule has 25 heavy (non-hydrogen) atoms. The molecule has 0 amide bonds. The Balaban J connectivity index is 1.62. The molecule has 2 fully saturated rings. The van der Waals surface area contributed by atoms with Gasteiger partial charge in [0, 0.05) is 26.2 Å². The Bertz CT molecular complexity index is 564. The van der Waals surface area contributed by atoms with Crippen LogP contribution in [-0.2, 0) is 9.16 Å². The van der Waals surface area contributed by atoms with Crippen molar-refractivity contribution in [3.8, 4) is 0 Å². The molecule has 7 heteroatoms. The van der Waals surface area contributed by atoms with E-state index in [1.807, 2.05) is 6.20 Å². The predicted octanol–water partition coefficient (Wildman–Crippen LogP) is 3.50. The van der Waals surface area contributed by atoms with E-state index >= 15 is 0 Å². The summed E-state index contributed by atoms with van der Waals surface area (Å²) in [7, 11) is -1.74. The van der Waals surface area contributed by atoms with Gasteiger partial charge >= 0.3 is 0 Å². The van der Waals surface area contributed by atoms with Crippen LogP contribution in [0.3, 0.4) is 0 Å². The van der Waals surface area contributed by atoms with Crippen molar-refractivity contribution in [2.75, 3.05) is 49.2 Å². The van der Waals surface area contributed by atoms with Gasteiger partial charge in [-0.2, -0.15) is 4.98 Å². The van der Waals surface area contributed by atoms with Gasteiger partial charge < -0.3 is 23.4 Å². The second kappa shape index (κ2) is 7.29. The van der Waals surface area contributed by atoms with Gasteiger partial charge in [0.1, 0.15) is 0 Å². The van der Waals surface area contributed by atoms with Crippen LogP contribution in [0.5, 0.6) is 0 Å². The zero-order valence-corrected chi connectivity index (χ0v) is 17.4. The Kier molecular flexibility index (Phi) is 5.46. The van der Waals surface area contributed by atoms with Crippen molar-refractivity contribution < 1.29 is 13.6 Å². The first kappa shape index (κ1) is 18.7. The van der Waals surface area contributed by atoms with Crippen molar-refractivity contribution in [3.63, 3.8) is 0 Å². The molecule has 2 aliphatic rings. The molecule has 142 valence electrons. The molecule has 0 aliphatic carbocycles. The zero-order chi connectivity index (χ0) is 18.1. The fourth-order valence-electron chi connectivity index (χ4n) is 3.13. The van der Waals surface area contributed by atoms with Crippen LogP contribution < -0.4 is 9.80 Å². The van der Waals surface area contributed by atoms with E-state index < -0.39 is 8.32 Å². The maximum Gasteiger partial charge on any atom is 0.299 e. The fraction of sp³-hybridized carbons (Fsp3) is 0.833. The molecule has 0 unspecified atom stereocenters. The van der Waals surface area contributed by atoms with Gasteiger partial charge in [-0.1, -0.05) is 20.8 Å². The Morgan fingerprint density at radius 1 is 1.16 bits per heavy atom. The second-order valence-electron chi connectivity index (χ2n) is 8.67. The smallest absolute Gasteiger partial charge is 0.299 e. The molecule has 0 radical (unpaired) electrons. The Morgan fingerprint density at radius 3 is 2.56 bits per heavy atom. The van der Waals surface area contributed by atoms with Gasteiger partial charge in [-0.15, -0.1) is 0 Å². The van der Waals surface area contributed by atoms with Crippen molar-refractivity contribution in [2.24, 2.45) is 0 Å². The number of hydrogen-bond donors (Lipinski definition) is 0. The number of anilines is 2. The first-order chi connectivity index (χ1) is 11.8. The lowest BCUT2D eigenvalue weighted by atomic mass is 10.1. The summed E-state index contributed by atoms with van der Waals surface area (Å²) in [5, 5.41) is 0.241. The Hall–Kier alpha value is -1.05. The molecule has 0 N–H and O–H groups in total. The molecule has 3 heterocycles. The number of rotatable bonds is 4. The van der Waals surface area contributed by atoms with Crippen LogP contribution in [0.2, 0.25) is 18.1 Å². The molecular formula is C18H33N3O3Si. The molecule has 0 aromatic carbocycles. The minimum Gasteiger partial charge on any atom is -0.412 e. The monoisotopic (exact) mass is 367 g/mol. The lowest BCUT2D eigenvalue weighted by Gasteiger charge is -2.42. The molecule has 0 saturated carbocycles. The predicted molar refractivity (Wildman–Crippen MR) is 103 cm³/mol. The van der Waals surface area contributed by atoms with Gasteiger partial charge in [0.25, 0.3) is 6.01 Å². The molecule has 1 aromatic rings. The van der Waals surface area contributed by atoms with Crippen molar-refractivity contribution >= 4 is 20.2 Å². The van der Waals surface area contributed by atoms with E-state index in [2.05, 4.69) is 48.6 Å². The van der Waals surface area contributed by atoms with Crippen LogP contribution in [0.1, 0.15) is 33.6 Å². The molecular weight excluding hydrogens is 334 g/mol. The van der Waals surface area contributed by atoms with E-state index in [9.17, 15) is 0 Å². The highest BCUT2D eigenvalue weighted by atomic mass is 28.4. The molecule has 2 aliphatic heterocycles. The first-order valence-corrected chi connectivity index (χ1v) is 12.4. The maximum absolute atomic E-state index is 6.63. The Labute approximate surface area is 152 Å². The largest absolute Gasteiger partial charge is 0.412 e. The number of nitrogens with zero attached hydrogens (tertiary/aromatic N) is 3. The van der Waals surface area contributed by atoms with Crippen molar-refractivity contribution in [1.82, 2.24) is 4.98 Å². The van der Waals surface area contributed by atoms with E-state index in [0.717, 1.165) is 58.1 Å². The third kappa shape index (κ3) is 4.38. The molecule has 1 atom stereocenters. The van der Waals surface area contributed by atoms with Gasteiger partial charge in [-0.05, 0) is 31.0 Å². The minimum absolute atomic E-state index is 0.241. The van der Waals surface area contributed by atoms with Gasteiger partial charge in [0.15, 0.2) is 8.32 Å². The number of morpholine rings is 1. The quantitative estimate of drug-likeness (QED) is 0.759. The first-order valence-electron chi connectivity index (χ1n) is 9.47. The molecule has 0 bridgehead atoms. The molecule has 0 spiro atoms. The molecule has 1 aromatic heterocycles. The highest BCUT2D eigenvalue weighted by molar-refractivity contribution is 6.74. The lowest BCUT2D eigenvalue weighted by Crippen LogP contribution is -2.49. The summed E-state index contributed by atoms with van der Waals surface area (Å²) in [6.07, 6.45) is 4.41. The summed E-state index contributed by atoms with van der Waals surface area (Å²) in [5.41, 5.74) is 0. The maximum atomic E-state index is 6.63. The zero-order valence-electron chi connectivity index (χ0n) is 16.4. The average Bonchev–Trinajstić information content (AvgIpc) is 3.04. The van der Waals surface area contributed by atoms with E-state index in [0.29, 0.717) is 6.01 Å². The Morgan fingerprint density at radius 2 is 1.88 bits per heavy atom. The van der Waals surface area contributed by atoms with Crippen LogP contribution in [0.15, 0.2) is 10.6 Å². The number of ether oxygens (including phenoxy) is 1. The summed E-state index contributed by atoms with van der Waals surface area (Å²) in [4.78, 5) is 8.93. The highest BCUT2D eigenvalue weighted by Crippen LogP contribution is 2.38. The summed E-state index contributed by atoms with van der Waals surface area (Å²) in [5.74, 6) is 0.866. The number of hydrogen-bond acceptors (Lipinski definition) is 6. The van der Waals surface area contributed by atoms with Crippen molar-refractivity contribution in [1.29, 1.82) is 0 Å². The third-order valence-electron chi connectivity index (χ3n) is 5.72. The topological polar surface area (TPSA) is 51.0 Å². The normalized spacial score (nSPS) is 23.2. The number of piperidine rings is 1. The second-order valence-corrected chi connectivity index (χ2v) is 13.4. The van der Waals surface area contributed by atoms with Gasteiger partial charge in [-0.25, -0.2) is 0 Å². The SMILES string of the molecule is CC(C)(C)[Si](C)(C)O[C@@H]1CCCN(c2cnc(N3CCOCC3)o2)C1. The highest BCUT2D eigenvalue weighted by Gasteiger charge is 2.40. The van der Waals surface area contributed by atoms with Crippen LogP contribution >= 0.6 is 0 Å². The van der Waals surface area contributed by atoms with E-state index in [4.69, 9.17) is 13.6 Å².